The number of furan rings is 1. The first-order valence-electron chi connectivity index (χ1n) is 6.61. The molecule has 0 aliphatic rings. The number of nitrogens with one attached hydrogen (secondary N) is 1. The predicted octanol–water partition coefficient (Wildman–Crippen LogP) is 2.43. The minimum atomic E-state index is -0.423. The number of ether oxygens (including phenoxy) is 1. The number of methoxy groups -OCH3 is 1. The van der Waals surface area contributed by atoms with Crippen LogP contribution in [0.25, 0.3) is 0 Å². The summed E-state index contributed by atoms with van der Waals surface area (Å²) in [6, 6.07) is 9.96. The summed E-state index contributed by atoms with van der Waals surface area (Å²) >= 11 is 0. The van der Waals surface area contributed by atoms with Gasteiger partial charge < -0.3 is 14.5 Å². The molecule has 0 saturated heterocycles. The Morgan fingerprint density at radius 2 is 1.86 bits per heavy atom. The number of carbonyl (C=O) groups is 2. The summed E-state index contributed by atoms with van der Waals surface area (Å²) in [5.74, 6) is 0.211. The molecule has 1 heterocycles. The Hall–Kier alpha value is -2.56. The van der Waals surface area contributed by atoms with E-state index in [1.54, 1.807) is 30.5 Å². The normalized spacial score (nSPS) is 11.7. The molecule has 1 atom stereocenters. The topological polar surface area (TPSA) is 68.5 Å². The van der Waals surface area contributed by atoms with Gasteiger partial charge >= 0.3 is 5.97 Å². The zero-order valence-electron chi connectivity index (χ0n) is 12.0. The lowest BCUT2D eigenvalue weighted by Crippen LogP contribution is -2.34. The largest absolute Gasteiger partial charge is 0.469 e. The Labute approximate surface area is 122 Å². The van der Waals surface area contributed by atoms with Crippen LogP contribution in [-0.4, -0.2) is 25.0 Å². The van der Waals surface area contributed by atoms with E-state index in [1.807, 2.05) is 19.1 Å². The molecule has 0 saturated carbocycles. The van der Waals surface area contributed by atoms with Crippen LogP contribution < -0.4 is 5.32 Å². The van der Waals surface area contributed by atoms with Crippen LogP contribution >= 0.6 is 0 Å². The monoisotopic (exact) mass is 287 g/mol. The van der Waals surface area contributed by atoms with E-state index < -0.39 is 5.97 Å². The maximum atomic E-state index is 12.1. The molecule has 0 radical (unpaired) electrons. The van der Waals surface area contributed by atoms with E-state index >= 15 is 0 Å². The highest BCUT2D eigenvalue weighted by Gasteiger charge is 2.12. The van der Waals surface area contributed by atoms with Gasteiger partial charge in [0.1, 0.15) is 5.76 Å². The Kier molecular flexibility index (Phi) is 4.77. The number of rotatable bonds is 5. The first kappa shape index (κ1) is 14.8. The highest BCUT2D eigenvalue weighted by atomic mass is 16.5. The van der Waals surface area contributed by atoms with E-state index in [4.69, 9.17) is 4.42 Å². The second-order valence-corrected chi connectivity index (χ2v) is 4.73. The van der Waals surface area contributed by atoms with Crippen molar-refractivity contribution >= 4 is 11.9 Å². The zero-order valence-corrected chi connectivity index (χ0v) is 12.0. The van der Waals surface area contributed by atoms with Gasteiger partial charge in [-0.05, 0) is 43.3 Å². The summed E-state index contributed by atoms with van der Waals surface area (Å²) < 4.78 is 9.85. The lowest BCUT2D eigenvalue weighted by Gasteiger charge is -2.12. The molecule has 2 rings (SSSR count). The van der Waals surface area contributed by atoms with Crippen LogP contribution in [0.4, 0.5) is 0 Å². The molecule has 21 heavy (non-hydrogen) atoms. The van der Waals surface area contributed by atoms with Crippen LogP contribution in [0.1, 0.15) is 33.4 Å². The minimum Gasteiger partial charge on any atom is -0.469 e. The van der Waals surface area contributed by atoms with Gasteiger partial charge in [-0.2, -0.15) is 0 Å². The van der Waals surface area contributed by atoms with E-state index in [9.17, 15) is 9.59 Å². The summed E-state index contributed by atoms with van der Waals surface area (Å²) in [6.07, 6.45) is 2.23. The van der Waals surface area contributed by atoms with Gasteiger partial charge in [-0.25, -0.2) is 4.79 Å². The van der Waals surface area contributed by atoms with E-state index in [1.165, 1.54) is 7.11 Å². The highest BCUT2D eigenvalue weighted by molar-refractivity contribution is 5.96. The van der Waals surface area contributed by atoms with Crippen LogP contribution in [0.15, 0.2) is 47.1 Å². The molecule has 1 unspecified atom stereocenters. The fourth-order valence-corrected chi connectivity index (χ4v) is 1.96. The van der Waals surface area contributed by atoms with Crippen LogP contribution in [-0.2, 0) is 11.2 Å². The first-order valence-corrected chi connectivity index (χ1v) is 6.61. The standard InChI is InChI=1S/C16H17NO4/c1-11(10-14-4-3-9-21-14)17-15(18)12-5-7-13(8-6-12)16(19)20-2/h3-9,11H,10H2,1-2H3,(H,17,18). The van der Waals surface area contributed by atoms with E-state index in [-0.39, 0.29) is 11.9 Å². The van der Waals surface area contributed by atoms with Crippen LogP contribution in [0.3, 0.4) is 0 Å². The predicted molar refractivity (Wildman–Crippen MR) is 77.1 cm³/mol. The quantitative estimate of drug-likeness (QED) is 0.858. The number of amides is 1. The minimum absolute atomic E-state index is 0.0519. The molecule has 5 nitrogen and oxygen atoms in total. The van der Waals surface area contributed by atoms with Gasteiger partial charge in [0.15, 0.2) is 0 Å². The molecule has 0 spiro atoms. The number of esters is 1. The SMILES string of the molecule is COC(=O)c1ccc(C(=O)NC(C)Cc2ccco2)cc1. The summed E-state index contributed by atoms with van der Waals surface area (Å²) in [4.78, 5) is 23.4. The Balaban J connectivity index is 1.95. The second kappa shape index (κ2) is 6.74. The lowest BCUT2D eigenvalue weighted by molar-refractivity contribution is 0.0600. The lowest BCUT2D eigenvalue weighted by atomic mass is 10.1. The van der Waals surface area contributed by atoms with Gasteiger partial charge in [-0.3, -0.25) is 4.79 Å². The Morgan fingerprint density at radius 3 is 2.43 bits per heavy atom. The van der Waals surface area contributed by atoms with Gasteiger partial charge in [0.2, 0.25) is 0 Å². The van der Waals surface area contributed by atoms with Crippen molar-refractivity contribution in [2.45, 2.75) is 19.4 Å². The molecule has 2 aromatic rings. The molecular weight excluding hydrogens is 270 g/mol. The maximum absolute atomic E-state index is 12.1. The van der Waals surface area contributed by atoms with Crippen molar-refractivity contribution < 1.29 is 18.7 Å². The van der Waals surface area contributed by atoms with Crippen molar-refractivity contribution in [1.82, 2.24) is 5.32 Å². The molecule has 5 heteroatoms. The van der Waals surface area contributed by atoms with Gasteiger partial charge in [0, 0.05) is 18.0 Å². The summed E-state index contributed by atoms with van der Waals surface area (Å²) in [5.41, 5.74) is 0.909. The first-order chi connectivity index (χ1) is 10.1. The van der Waals surface area contributed by atoms with Gasteiger partial charge in [0.05, 0.1) is 18.9 Å². The van der Waals surface area contributed by atoms with E-state index in [0.717, 1.165) is 5.76 Å². The summed E-state index contributed by atoms with van der Waals surface area (Å²) in [5, 5.41) is 2.88. The van der Waals surface area contributed by atoms with Crippen molar-refractivity contribution in [3.63, 3.8) is 0 Å². The number of hydrogen-bond donors (Lipinski definition) is 1. The van der Waals surface area contributed by atoms with Gasteiger partial charge in [-0.1, -0.05) is 0 Å². The van der Waals surface area contributed by atoms with Crippen molar-refractivity contribution in [2.75, 3.05) is 7.11 Å². The van der Waals surface area contributed by atoms with Crippen molar-refractivity contribution in [3.8, 4) is 0 Å². The Bertz CT molecular complexity index is 602. The van der Waals surface area contributed by atoms with E-state index in [0.29, 0.717) is 17.5 Å². The number of hydrogen-bond acceptors (Lipinski definition) is 4. The second-order valence-electron chi connectivity index (χ2n) is 4.73. The smallest absolute Gasteiger partial charge is 0.337 e. The zero-order chi connectivity index (χ0) is 15.2. The molecular formula is C16H17NO4. The summed E-state index contributed by atoms with van der Waals surface area (Å²) in [7, 11) is 1.32. The third kappa shape index (κ3) is 3.95. The number of carbonyl (C=O) groups excluding carboxylic acids is 2. The molecule has 0 bridgehead atoms. The fourth-order valence-electron chi connectivity index (χ4n) is 1.96. The third-order valence-corrected chi connectivity index (χ3v) is 3.03. The van der Waals surface area contributed by atoms with Crippen molar-refractivity contribution in [1.29, 1.82) is 0 Å². The molecule has 1 aromatic heterocycles. The summed E-state index contributed by atoms with van der Waals surface area (Å²) in [6.45, 7) is 1.91. The molecule has 1 amide bonds. The molecule has 110 valence electrons. The number of benzene rings is 1. The van der Waals surface area contributed by atoms with Gasteiger partial charge in [0.25, 0.3) is 5.91 Å². The molecule has 0 fully saturated rings. The van der Waals surface area contributed by atoms with Crippen LogP contribution in [0.2, 0.25) is 0 Å². The van der Waals surface area contributed by atoms with Gasteiger partial charge in [-0.15, -0.1) is 0 Å². The van der Waals surface area contributed by atoms with E-state index in [2.05, 4.69) is 10.1 Å². The van der Waals surface area contributed by atoms with Crippen LogP contribution in [0, 0.1) is 0 Å². The van der Waals surface area contributed by atoms with Crippen molar-refractivity contribution in [3.05, 3.63) is 59.5 Å². The molecule has 1 N–H and O–H groups in total. The maximum Gasteiger partial charge on any atom is 0.337 e. The van der Waals surface area contributed by atoms with Crippen molar-refractivity contribution in [2.24, 2.45) is 0 Å². The third-order valence-electron chi connectivity index (χ3n) is 3.03. The fraction of sp³-hybridized carbons (Fsp3) is 0.250. The molecule has 0 aliphatic carbocycles. The highest BCUT2D eigenvalue weighted by Crippen LogP contribution is 2.08. The van der Waals surface area contributed by atoms with Crippen LogP contribution in [0.5, 0.6) is 0 Å². The average Bonchev–Trinajstić information content (AvgIpc) is 2.99. The Morgan fingerprint density at radius 1 is 1.19 bits per heavy atom. The molecule has 0 aliphatic heterocycles. The molecule has 1 aromatic carbocycles. The average molecular weight is 287 g/mol.